The summed E-state index contributed by atoms with van der Waals surface area (Å²) in [6.07, 6.45) is -2.63. The van der Waals surface area contributed by atoms with Gasteiger partial charge in [0.15, 0.2) is 0 Å². The molecule has 0 bridgehead atoms. The Balaban J connectivity index is 0.00000529. The number of carboxylic acid groups (broad SMARTS) is 1. The van der Waals surface area contributed by atoms with Gasteiger partial charge >= 0.3 is 43.7 Å². The van der Waals surface area contributed by atoms with Crippen molar-refractivity contribution in [3.8, 4) is 28.5 Å². The number of rotatable bonds is 12. The number of hydrogen-bond donors (Lipinski definition) is 4. The number of aliphatic carboxylic acids is 1. The zero-order valence-electron chi connectivity index (χ0n) is 24.0. The molecule has 226 valence electrons. The summed E-state index contributed by atoms with van der Waals surface area (Å²) >= 11 is 0. The maximum absolute atomic E-state index is 14.1. The first-order valence-electron chi connectivity index (χ1n) is 14.1. The quantitative estimate of drug-likeness (QED) is 0.159. The number of benzene rings is 3. The summed E-state index contributed by atoms with van der Waals surface area (Å²) in [6.45, 7) is 4.16. The molecule has 0 fully saturated rings. The summed E-state index contributed by atoms with van der Waals surface area (Å²) in [6, 6.07) is 24.0. The zero-order chi connectivity index (χ0) is 31.1. The Morgan fingerprint density at radius 2 is 1.57 bits per heavy atom. The number of nitrogens with one attached hydrogen (secondary N) is 1. The van der Waals surface area contributed by atoms with Crippen LogP contribution in [0.15, 0.2) is 78.9 Å². The van der Waals surface area contributed by atoms with E-state index in [0.717, 1.165) is 5.56 Å². The molecular weight excluding hydrogens is 589 g/mol. The van der Waals surface area contributed by atoms with E-state index in [2.05, 4.69) is 11.4 Å². The third-order valence-corrected chi connectivity index (χ3v) is 7.17. The molecule has 1 aromatic heterocycles. The first-order chi connectivity index (χ1) is 20.6. The van der Waals surface area contributed by atoms with Gasteiger partial charge in [0.2, 0.25) is 0 Å². The Kier molecular flexibility index (Phi) is 12.7. The van der Waals surface area contributed by atoms with E-state index in [1.54, 1.807) is 36.4 Å². The van der Waals surface area contributed by atoms with Crippen molar-refractivity contribution < 1.29 is 29.3 Å². The van der Waals surface area contributed by atoms with E-state index in [9.17, 15) is 24.2 Å². The molecule has 0 aliphatic heterocycles. The Labute approximate surface area is 285 Å². The van der Waals surface area contributed by atoms with Gasteiger partial charge in [-0.3, -0.25) is 9.59 Å². The van der Waals surface area contributed by atoms with Gasteiger partial charge in [0, 0.05) is 23.5 Å². The van der Waals surface area contributed by atoms with Crippen molar-refractivity contribution in [2.75, 3.05) is 5.32 Å². The Hall–Kier alpha value is -3.52. The van der Waals surface area contributed by atoms with E-state index in [4.69, 9.17) is 10.4 Å². The van der Waals surface area contributed by atoms with Crippen LogP contribution >= 0.6 is 0 Å². The number of nitriles is 1. The van der Waals surface area contributed by atoms with Crippen LogP contribution in [0.4, 0.5) is 10.1 Å². The number of carbonyl (C=O) groups excluding carboxylic acids is 1. The van der Waals surface area contributed by atoms with Crippen LogP contribution < -0.4 is 5.32 Å². The third kappa shape index (κ3) is 8.56. The van der Waals surface area contributed by atoms with Crippen molar-refractivity contribution in [1.82, 2.24) is 4.57 Å². The summed E-state index contributed by atoms with van der Waals surface area (Å²) in [5.74, 6) is -2.09. The van der Waals surface area contributed by atoms with Crippen molar-refractivity contribution in [2.24, 2.45) is 0 Å². The van der Waals surface area contributed by atoms with E-state index in [1.807, 2.05) is 48.7 Å². The van der Waals surface area contributed by atoms with Crippen LogP contribution in [0.2, 0.25) is 0 Å². The van der Waals surface area contributed by atoms with E-state index < -0.39 is 30.4 Å². The number of amides is 1. The molecule has 4 aromatic rings. The number of hydrogen-bond acceptors (Lipinski definition) is 5. The fourth-order valence-corrected chi connectivity index (χ4v) is 5.31. The molecule has 4 rings (SSSR count). The topological polar surface area (TPSA) is 136 Å². The van der Waals surface area contributed by atoms with E-state index in [1.165, 1.54) is 12.1 Å². The molecule has 0 spiro atoms. The van der Waals surface area contributed by atoms with Gasteiger partial charge in [0.25, 0.3) is 5.91 Å². The third-order valence-electron chi connectivity index (χ3n) is 7.17. The summed E-state index contributed by atoms with van der Waals surface area (Å²) < 4.78 is 16.0. The number of aliphatic hydroxyl groups is 2. The molecule has 44 heavy (non-hydrogen) atoms. The van der Waals surface area contributed by atoms with Crippen LogP contribution in [0, 0.1) is 17.1 Å². The van der Waals surface area contributed by atoms with Crippen molar-refractivity contribution >= 4 is 55.3 Å². The van der Waals surface area contributed by atoms with Crippen LogP contribution in [0.3, 0.4) is 0 Å². The van der Waals surface area contributed by atoms with Gasteiger partial charge in [-0.15, -0.1) is 0 Å². The predicted molar refractivity (Wildman–Crippen MR) is 171 cm³/mol. The fraction of sp³-hybridized carbons (Fsp3) is 0.265. The van der Waals surface area contributed by atoms with Gasteiger partial charge in [-0.1, -0.05) is 44.2 Å². The van der Waals surface area contributed by atoms with Gasteiger partial charge in [0.1, 0.15) is 5.82 Å². The molecule has 0 aliphatic rings. The number of halogens is 1. The zero-order valence-corrected chi connectivity index (χ0v) is 24.0. The molecule has 0 saturated carbocycles. The summed E-state index contributed by atoms with van der Waals surface area (Å²) in [5, 5.41) is 41.9. The van der Waals surface area contributed by atoms with Crippen LogP contribution in [-0.2, 0) is 11.3 Å². The normalized spacial score (nSPS) is 12.2. The van der Waals surface area contributed by atoms with E-state index >= 15 is 0 Å². The molecule has 0 aliphatic carbocycles. The summed E-state index contributed by atoms with van der Waals surface area (Å²) in [4.78, 5) is 25.1. The number of carboxylic acids is 1. The maximum atomic E-state index is 14.1. The molecule has 1 heterocycles. The van der Waals surface area contributed by atoms with Gasteiger partial charge in [-0.2, -0.15) is 5.26 Å². The molecule has 3 aromatic carbocycles. The van der Waals surface area contributed by atoms with Gasteiger partial charge in [0.05, 0.1) is 41.5 Å². The SMILES string of the molecule is CC(C)c1c(C(=O)Nc2ccc(C#N)cc2)c(-c2ccccc2)c(-c2ccc(F)cc2)n1CC[C@@H](O)C[C@@H](O)CC(=O)O.[CaH2]. The van der Waals surface area contributed by atoms with Crippen LogP contribution in [0.5, 0.6) is 0 Å². The Morgan fingerprint density at radius 3 is 2.14 bits per heavy atom. The van der Waals surface area contributed by atoms with Gasteiger partial charge in [-0.25, -0.2) is 4.39 Å². The van der Waals surface area contributed by atoms with Crippen molar-refractivity contribution in [2.45, 2.75) is 57.8 Å². The molecule has 1 amide bonds. The second kappa shape index (κ2) is 16.0. The van der Waals surface area contributed by atoms with E-state index in [-0.39, 0.29) is 68.9 Å². The average Bonchev–Trinajstić information content (AvgIpc) is 3.32. The molecule has 4 N–H and O–H groups in total. The molecule has 8 nitrogen and oxygen atoms in total. The number of nitrogens with zero attached hydrogens (tertiary/aromatic N) is 2. The van der Waals surface area contributed by atoms with Crippen LogP contribution in [-0.4, -0.2) is 81.7 Å². The molecule has 2 atom stereocenters. The molecular formula is C34H36CaFN3O5. The predicted octanol–water partition coefficient (Wildman–Crippen LogP) is 5.27. The van der Waals surface area contributed by atoms with Gasteiger partial charge < -0.3 is 25.2 Å². The fourth-order valence-electron chi connectivity index (χ4n) is 5.31. The summed E-state index contributed by atoms with van der Waals surface area (Å²) in [7, 11) is 0. The number of aliphatic hydroxyl groups excluding tert-OH is 2. The Morgan fingerprint density at radius 1 is 0.932 bits per heavy atom. The standard InChI is InChI=1S/C34H34FN3O5.Ca.2H/c1-21(2)32-31(34(43)37-26-14-8-22(20-36)9-15-26)30(23-6-4-3-5-7-23)33(24-10-12-25(35)13-11-24)38(32)17-16-27(39)18-28(40)19-29(41)42;;;/h3-15,21,27-28,39-40H,16-19H2,1-2H3,(H,37,43)(H,41,42);;;/t27-,28-;;;/m1.../s1. The van der Waals surface area contributed by atoms with Crippen molar-refractivity contribution in [3.63, 3.8) is 0 Å². The minimum absolute atomic E-state index is 0. The molecule has 0 unspecified atom stereocenters. The molecule has 0 radical (unpaired) electrons. The second-order valence-corrected chi connectivity index (χ2v) is 10.7. The van der Waals surface area contributed by atoms with Crippen molar-refractivity contribution in [3.05, 3.63) is 102 Å². The first kappa shape index (κ1) is 35.0. The number of anilines is 1. The molecule has 0 saturated heterocycles. The van der Waals surface area contributed by atoms with Gasteiger partial charge in [-0.05, 0) is 78.4 Å². The van der Waals surface area contributed by atoms with Crippen LogP contribution in [0.25, 0.3) is 22.4 Å². The van der Waals surface area contributed by atoms with Crippen molar-refractivity contribution in [1.29, 1.82) is 5.26 Å². The average molecular weight is 626 g/mol. The first-order valence-corrected chi connectivity index (χ1v) is 14.1. The van der Waals surface area contributed by atoms with Crippen LogP contribution in [0.1, 0.15) is 60.6 Å². The number of aromatic nitrogens is 1. The minimum atomic E-state index is -1.20. The monoisotopic (exact) mass is 625 g/mol. The molecule has 10 heteroatoms. The Bertz CT molecular complexity index is 1610. The van der Waals surface area contributed by atoms with E-state index in [0.29, 0.717) is 39.3 Å². The summed E-state index contributed by atoms with van der Waals surface area (Å²) in [5.41, 5.74) is 4.83. The number of carbonyl (C=O) groups is 2. The second-order valence-electron chi connectivity index (χ2n) is 10.7.